The fourth-order valence-corrected chi connectivity index (χ4v) is 4.87. The van der Waals surface area contributed by atoms with Gasteiger partial charge in [-0.25, -0.2) is 0 Å². The zero-order valence-electron chi connectivity index (χ0n) is 14.0. The van der Waals surface area contributed by atoms with E-state index in [2.05, 4.69) is 58.7 Å². The van der Waals surface area contributed by atoms with Crippen LogP contribution in [0.2, 0.25) is 0 Å². The highest BCUT2D eigenvalue weighted by Crippen LogP contribution is 2.47. The van der Waals surface area contributed by atoms with Crippen molar-refractivity contribution >= 4 is 28.6 Å². The van der Waals surface area contributed by atoms with Gasteiger partial charge in [0.2, 0.25) is 0 Å². The van der Waals surface area contributed by atoms with Gasteiger partial charge < -0.3 is 4.74 Å². The van der Waals surface area contributed by atoms with Gasteiger partial charge in [-0.2, -0.15) is 0 Å². The number of benzene rings is 1. The molecule has 2 heterocycles. The van der Waals surface area contributed by atoms with Crippen LogP contribution < -0.4 is 0 Å². The van der Waals surface area contributed by atoms with Crippen molar-refractivity contribution in [1.29, 1.82) is 0 Å². The Hall–Kier alpha value is -0.620. The van der Waals surface area contributed by atoms with E-state index in [9.17, 15) is 4.79 Å². The summed E-state index contributed by atoms with van der Waals surface area (Å²) in [6.07, 6.45) is 5.87. The molecule has 0 aliphatic carbocycles. The molecular formula is C19H26INO2. The highest BCUT2D eigenvalue weighted by Gasteiger charge is 2.50. The summed E-state index contributed by atoms with van der Waals surface area (Å²) in [6, 6.07) is 9.69. The first kappa shape index (κ1) is 17.2. The van der Waals surface area contributed by atoms with E-state index < -0.39 is 0 Å². The third kappa shape index (κ3) is 3.43. The Kier molecular flexibility index (Phi) is 5.62. The quantitative estimate of drug-likeness (QED) is 0.521. The summed E-state index contributed by atoms with van der Waals surface area (Å²) in [4.78, 5) is 15.2. The number of halogens is 1. The SMILES string of the molecule is CCCCN1C2CC[C@@H]1C[C@H](c1ccc(I)cc1)C2C(=O)OC. The molecule has 3 nitrogen and oxygen atoms in total. The number of methoxy groups -OCH3 is 1. The number of carbonyl (C=O) groups excluding carboxylic acids is 1. The van der Waals surface area contributed by atoms with Crippen LogP contribution >= 0.6 is 22.6 Å². The molecule has 1 aromatic carbocycles. The molecule has 0 aromatic heterocycles. The van der Waals surface area contributed by atoms with Crippen molar-refractivity contribution in [3.63, 3.8) is 0 Å². The van der Waals surface area contributed by atoms with Crippen LogP contribution in [0.1, 0.15) is 50.5 Å². The van der Waals surface area contributed by atoms with Crippen LogP contribution in [0.3, 0.4) is 0 Å². The van der Waals surface area contributed by atoms with Crippen molar-refractivity contribution in [3.8, 4) is 0 Å². The Balaban J connectivity index is 1.88. The average Bonchev–Trinajstić information content (AvgIpc) is 2.84. The topological polar surface area (TPSA) is 29.5 Å². The minimum atomic E-state index is -0.0274. The van der Waals surface area contributed by atoms with E-state index >= 15 is 0 Å². The zero-order chi connectivity index (χ0) is 16.4. The first-order chi connectivity index (χ1) is 11.2. The van der Waals surface area contributed by atoms with E-state index in [0.717, 1.165) is 19.4 Å². The molecule has 2 aliphatic heterocycles. The van der Waals surface area contributed by atoms with Gasteiger partial charge in [0.15, 0.2) is 0 Å². The minimum Gasteiger partial charge on any atom is -0.469 e. The van der Waals surface area contributed by atoms with Crippen LogP contribution in [0, 0.1) is 9.49 Å². The van der Waals surface area contributed by atoms with E-state index in [1.165, 1.54) is 35.5 Å². The highest BCUT2D eigenvalue weighted by atomic mass is 127. The third-order valence-electron chi connectivity index (χ3n) is 5.61. The number of unbranched alkanes of at least 4 members (excludes halogenated alkanes) is 1. The predicted molar refractivity (Wildman–Crippen MR) is 100 cm³/mol. The summed E-state index contributed by atoms with van der Waals surface area (Å²) >= 11 is 2.33. The van der Waals surface area contributed by atoms with Crippen LogP contribution in [-0.2, 0) is 9.53 Å². The molecule has 1 aromatic rings. The molecule has 0 spiro atoms. The van der Waals surface area contributed by atoms with Gasteiger partial charge >= 0.3 is 5.97 Å². The van der Waals surface area contributed by atoms with E-state index in [1.807, 2.05) is 0 Å². The number of hydrogen-bond acceptors (Lipinski definition) is 3. The molecule has 0 amide bonds. The molecule has 2 unspecified atom stereocenters. The Morgan fingerprint density at radius 2 is 2.04 bits per heavy atom. The summed E-state index contributed by atoms with van der Waals surface area (Å²) in [5, 5.41) is 0. The maximum absolute atomic E-state index is 12.6. The van der Waals surface area contributed by atoms with E-state index in [4.69, 9.17) is 4.74 Å². The molecule has 2 fully saturated rings. The summed E-state index contributed by atoms with van der Waals surface area (Å²) in [5.41, 5.74) is 1.30. The standard InChI is InChI=1S/C19H26INO2/c1-3-4-11-21-15-9-10-17(21)18(19(22)23-2)16(12-15)13-5-7-14(20)8-6-13/h5-8,15-18H,3-4,9-12H2,1-2H3/t15-,16-,17?,18?/m1/s1. The van der Waals surface area contributed by atoms with Gasteiger partial charge in [0.05, 0.1) is 13.0 Å². The molecular weight excluding hydrogens is 401 g/mol. The number of carbonyl (C=O) groups is 1. The van der Waals surface area contributed by atoms with Gasteiger partial charge in [-0.05, 0) is 72.5 Å². The second-order valence-corrected chi connectivity index (χ2v) is 8.08. The molecule has 0 N–H and O–H groups in total. The molecule has 3 rings (SSSR count). The molecule has 4 atom stereocenters. The van der Waals surface area contributed by atoms with Crippen molar-refractivity contribution in [2.45, 2.75) is 57.0 Å². The number of rotatable bonds is 5. The Morgan fingerprint density at radius 1 is 1.30 bits per heavy atom. The Morgan fingerprint density at radius 3 is 2.70 bits per heavy atom. The predicted octanol–water partition coefficient (Wildman–Crippen LogP) is 4.20. The van der Waals surface area contributed by atoms with Crippen molar-refractivity contribution in [1.82, 2.24) is 4.90 Å². The summed E-state index contributed by atoms with van der Waals surface area (Å²) in [7, 11) is 1.53. The summed E-state index contributed by atoms with van der Waals surface area (Å²) in [6.45, 7) is 3.36. The maximum Gasteiger partial charge on any atom is 0.310 e. The number of piperidine rings is 1. The van der Waals surface area contributed by atoms with Crippen LogP contribution in [-0.4, -0.2) is 36.6 Å². The Bertz CT molecular complexity index is 545. The third-order valence-corrected chi connectivity index (χ3v) is 6.33. The molecule has 2 bridgehead atoms. The fourth-order valence-electron chi connectivity index (χ4n) is 4.51. The van der Waals surface area contributed by atoms with Gasteiger partial charge in [-0.1, -0.05) is 25.5 Å². The molecule has 4 heteroatoms. The smallest absolute Gasteiger partial charge is 0.310 e. The monoisotopic (exact) mass is 427 g/mol. The lowest BCUT2D eigenvalue weighted by Crippen LogP contribution is -2.51. The van der Waals surface area contributed by atoms with Crippen LogP contribution in [0.15, 0.2) is 24.3 Å². The van der Waals surface area contributed by atoms with E-state index in [1.54, 1.807) is 0 Å². The molecule has 2 saturated heterocycles. The van der Waals surface area contributed by atoms with Crippen molar-refractivity contribution in [3.05, 3.63) is 33.4 Å². The van der Waals surface area contributed by atoms with E-state index in [-0.39, 0.29) is 11.9 Å². The maximum atomic E-state index is 12.6. The van der Waals surface area contributed by atoms with Gasteiger partial charge in [0, 0.05) is 21.6 Å². The van der Waals surface area contributed by atoms with Crippen LogP contribution in [0.25, 0.3) is 0 Å². The van der Waals surface area contributed by atoms with Crippen molar-refractivity contribution < 1.29 is 9.53 Å². The second-order valence-electron chi connectivity index (χ2n) is 6.83. The lowest BCUT2D eigenvalue weighted by Gasteiger charge is -2.43. The van der Waals surface area contributed by atoms with Gasteiger partial charge in [0.25, 0.3) is 0 Å². The molecule has 0 saturated carbocycles. The molecule has 0 radical (unpaired) electrons. The number of nitrogens with zero attached hydrogens (tertiary/aromatic N) is 1. The largest absolute Gasteiger partial charge is 0.469 e. The molecule has 126 valence electrons. The van der Waals surface area contributed by atoms with Gasteiger partial charge in [-0.3, -0.25) is 9.69 Å². The van der Waals surface area contributed by atoms with Gasteiger partial charge in [0.1, 0.15) is 0 Å². The normalized spacial score (nSPS) is 30.4. The number of ether oxygens (including phenoxy) is 1. The van der Waals surface area contributed by atoms with Gasteiger partial charge in [-0.15, -0.1) is 0 Å². The minimum absolute atomic E-state index is 0.0179. The van der Waals surface area contributed by atoms with E-state index in [0.29, 0.717) is 18.0 Å². The number of hydrogen-bond donors (Lipinski definition) is 0. The fraction of sp³-hybridized carbons (Fsp3) is 0.632. The lowest BCUT2D eigenvalue weighted by molar-refractivity contribution is -0.150. The Labute approximate surface area is 152 Å². The highest BCUT2D eigenvalue weighted by molar-refractivity contribution is 14.1. The van der Waals surface area contributed by atoms with Crippen molar-refractivity contribution in [2.75, 3.05) is 13.7 Å². The summed E-state index contributed by atoms with van der Waals surface area (Å²) < 4.78 is 6.44. The second kappa shape index (κ2) is 7.51. The number of esters is 1. The molecule has 2 aliphatic rings. The number of fused-ring (bicyclic) bond motifs is 2. The first-order valence-corrected chi connectivity index (χ1v) is 9.82. The average molecular weight is 427 g/mol. The lowest BCUT2D eigenvalue weighted by atomic mass is 9.76. The van der Waals surface area contributed by atoms with Crippen LogP contribution in [0.5, 0.6) is 0 Å². The molecule has 23 heavy (non-hydrogen) atoms. The summed E-state index contributed by atoms with van der Waals surface area (Å²) in [5.74, 6) is 0.255. The zero-order valence-corrected chi connectivity index (χ0v) is 16.2. The van der Waals surface area contributed by atoms with Crippen molar-refractivity contribution in [2.24, 2.45) is 5.92 Å². The first-order valence-electron chi connectivity index (χ1n) is 8.74. The van der Waals surface area contributed by atoms with Crippen LogP contribution in [0.4, 0.5) is 0 Å².